The molecule has 4 nitrogen and oxygen atoms in total. The van der Waals surface area contributed by atoms with Crippen LogP contribution in [0.1, 0.15) is 0 Å². The molecule has 16 heavy (non-hydrogen) atoms. The molecule has 0 N–H and O–H groups in total. The summed E-state index contributed by atoms with van der Waals surface area (Å²) >= 11 is 5.81. The molecule has 1 aromatic carbocycles. The van der Waals surface area contributed by atoms with Crippen molar-refractivity contribution in [2.45, 2.75) is 0 Å². The first-order valence-electron chi connectivity index (χ1n) is 5.03. The Morgan fingerprint density at radius 1 is 1.38 bits per heavy atom. The number of nitrogens with zero attached hydrogens (tertiary/aromatic N) is 2. The van der Waals surface area contributed by atoms with E-state index in [0.29, 0.717) is 23.9 Å². The highest BCUT2D eigenvalue weighted by Crippen LogP contribution is 2.27. The second kappa shape index (κ2) is 3.49. The third-order valence-corrected chi connectivity index (χ3v) is 3.01. The number of fused-ring (bicyclic) bond motifs is 1. The molecule has 5 heteroatoms. The first-order valence-corrected chi connectivity index (χ1v) is 5.40. The number of hydrazone groups is 1. The Bertz CT molecular complexity index is 469. The Kier molecular flexibility index (Phi) is 2.11. The number of hydrogen-bond acceptors (Lipinski definition) is 4. The molecule has 2 aliphatic heterocycles. The van der Waals surface area contributed by atoms with Crippen molar-refractivity contribution in [2.75, 3.05) is 18.2 Å². The van der Waals surface area contributed by atoms with Gasteiger partial charge in [0.05, 0.1) is 18.2 Å². The molecule has 1 fully saturated rings. The lowest BCUT2D eigenvalue weighted by Crippen LogP contribution is -2.19. The van der Waals surface area contributed by atoms with E-state index in [1.54, 1.807) is 0 Å². The number of halogens is 1. The summed E-state index contributed by atoms with van der Waals surface area (Å²) < 4.78 is 4.91. The zero-order valence-electron chi connectivity index (χ0n) is 8.39. The molecule has 0 bridgehead atoms. The lowest BCUT2D eigenvalue weighted by atomic mass is 10.1. The van der Waals surface area contributed by atoms with Gasteiger partial charge in [0.2, 0.25) is 0 Å². The van der Waals surface area contributed by atoms with Crippen molar-refractivity contribution in [3.05, 3.63) is 29.3 Å². The summed E-state index contributed by atoms with van der Waals surface area (Å²) in [4.78, 5) is 11.3. The molecule has 82 valence electrons. The summed E-state index contributed by atoms with van der Waals surface area (Å²) in [5.41, 5.74) is 1.48. The van der Waals surface area contributed by atoms with Crippen LogP contribution in [0, 0.1) is 5.92 Å². The molecule has 0 saturated carbocycles. The van der Waals surface area contributed by atoms with Gasteiger partial charge >= 0.3 is 5.97 Å². The van der Waals surface area contributed by atoms with Crippen LogP contribution in [0.2, 0.25) is 5.02 Å². The minimum absolute atomic E-state index is 0.114. The van der Waals surface area contributed by atoms with Crippen LogP contribution in [-0.2, 0) is 9.53 Å². The predicted octanol–water partition coefficient (Wildman–Crippen LogP) is 1.69. The first-order chi connectivity index (χ1) is 7.74. The summed E-state index contributed by atoms with van der Waals surface area (Å²) in [7, 11) is 0. The number of ether oxygens (including phenoxy) is 1. The Balaban J connectivity index is 1.89. The van der Waals surface area contributed by atoms with Crippen molar-refractivity contribution in [3.8, 4) is 0 Å². The van der Waals surface area contributed by atoms with Crippen molar-refractivity contribution in [1.29, 1.82) is 0 Å². The second-order valence-corrected chi connectivity index (χ2v) is 4.28. The summed E-state index contributed by atoms with van der Waals surface area (Å²) in [6, 6.07) is 7.39. The summed E-state index contributed by atoms with van der Waals surface area (Å²) in [6.07, 6.45) is 0. The van der Waals surface area contributed by atoms with Crippen LogP contribution in [0.4, 0.5) is 5.69 Å². The van der Waals surface area contributed by atoms with Crippen LogP contribution in [0.5, 0.6) is 0 Å². The molecule has 0 amide bonds. The molecule has 1 saturated heterocycles. The van der Waals surface area contributed by atoms with Crippen molar-refractivity contribution < 1.29 is 9.53 Å². The molecule has 0 spiro atoms. The molecule has 2 heterocycles. The topological polar surface area (TPSA) is 41.9 Å². The second-order valence-electron chi connectivity index (χ2n) is 3.84. The number of benzene rings is 1. The zero-order valence-corrected chi connectivity index (χ0v) is 9.15. The number of rotatable bonds is 1. The van der Waals surface area contributed by atoms with Crippen molar-refractivity contribution in [2.24, 2.45) is 11.0 Å². The van der Waals surface area contributed by atoms with E-state index in [0.717, 1.165) is 5.69 Å². The molecular formula is C11H9ClN2O2. The Morgan fingerprint density at radius 2 is 2.12 bits per heavy atom. The van der Waals surface area contributed by atoms with Gasteiger partial charge < -0.3 is 4.74 Å². The third-order valence-electron chi connectivity index (χ3n) is 2.76. The minimum atomic E-state index is -0.290. The maximum atomic E-state index is 11.3. The van der Waals surface area contributed by atoms with E-state index >= 15 is 0 Å². The average molecular weight is 237 g/mol. The molecule has 1 atom stereocenters. The quantitative estimate of drug-likeness (QED) is 0.697. The molecule has 1 unspecified atom stereocenters. The molecule has 1 aromatic rings. The molecule has 0 radical (unpaired) electrons. The number of esters is 1. The van der Waals surface area contributed by atoms with E-state index in [4.69, 9.17) is 16.3 Å². The minimum Gasteiger partial charge on any atom is -0.460 e. The van der Waals surface area contributed by atoms with Gasteiger partial charge in [0.1, 0.15) is 6.61 Å². The maximum absolute atomic E-state index is 11.3. The van der Waals surface area contributed by atoms with Crippen molar-refractivity contribution >= 4 is 29.0 Å². The van der Waals surface area contributed by atoms with Crippen LogP contribution in [-0.4, -0.2) is 24.8 Å². The van der Waals surface area contributed by atoms with Gasteiger partial charge in [0.25, 0.3) is 0 Å². The molecule has 0 aliphatic carbocycles. The monoisotopic (exact) mass is 236 g/mol. The van der Waals surface area contributed by atoms with Gasteiger partial charge in [-0.2, -0.15) is 5.10 Å². The standard InChI is InChI=1S/C11H9ClN2O2/c12-8-1-3-9(4-2-8)14-5-7-6-16-11(15)10(7)13-14/h1-4,7H,5-6H2. The maximum Gasteiger partial charge on any atom is 0.355 e. The smallest absolute Gasteiger partial charge is 0.355 e. The lowest BCUT2D eigenvalue weighted by molar-refractivity contribution is -0.133. The van der Waals surface area contributed by atoms with Crippen LogP contribution in [0.15, 0.2) is 29.4 Å². The number of carbonyl (C=O) groups is 1. The molecule has 0 aromatic heterocycles. The van der Waals surface area contributed by atoms with Crippen LogP contribution in [0.3, 0.4) is 0 Å². The molecular weight excluding hydrogens is 228 g/mol. The summed E-state index contributed by atoms with van der Waals surface area (Å²) in [5, 5.41) is 6.77. The molecule has 3 rings (SSSR count). The average Bonchev–Trinajstić information content (AvgIpc) is 2.83. The lowest BCUT2D eigenvalue weighted by Gasteiger charge is -2.15. The van der Waals surface area contributed by atoms with Crippen molar-refractivity contribution in [1.82, 2.24) is 0 Å². The summed E-state index contributed by atoms with van der Waals surface area (Å²) in [6.45, 7) is 1.14. The number of anilines is 1. The van der Waals surface area contributed by atoms with E-state index in [9.17, 15) is 4.79 Å². The number of cyclic esters (lactones) is 1. The highest BCUT2D eigenvalue weighted by atomic mass is 35.5. The van der Waals surface area contributed by atoms with Gasteiger partial charge in [-0.05, 0) is 24.3 Å². The fourth-order valence-electron chi connectivity index (χ4n) is 1.91. The third kappa shape index (κ3) is 1.46. The van der Waals surface area contributed by atoms with Gasteiger partial charge in [-0.15, -0.1) is 0 Å². The van der Waals surface area contributed by atoms with E-state index in [1.165, 1.54) is 0 Å². The van der Waals surface area contributed by atoms with Crippen LogP contribution < -0.4 is 5.01 Å². The van der Waals surface area contributed by atoms with E-state index in [2.05, 4.69) is 5.10 Å². The largest absolute Gasteiger partial charge is 0.460 e. The van der Waals surface area contributed by atoms with Gasteiger partial charge in [-0.25, -0.2) is 4.79 Å². The van der Waals surface area contributed by atoms with E-state index in [-0.39, 0.29) is 11.9 Å². The SMILES string of the molecule is O=C1OCC2CN(c3ccc(Cl)cc3)N=C12. The summed E-state index contributed by atoms with van der Waals surface area (Å²) in [5.74, 6) is -0.176. The Labute approximate surface area is 97.4 Å². The van der Waals surface area contributed by atoms with E-state index < -0.39 is 0 Å². The fraction of sp³-hybridized carbons (Fsp3) is 0.273. The van der Waals surface area contributed by atoms with Gasteiger partial charge in [0.15, 0.2) is 5.71 Å². The van der Waals surface area contributed by atoms with Gasteiger partial charge in [0, 0.05) is 5.02 Å². The Morgan fingerprint density at radius 3 is 2.81 bits per heavy atom. The number of hydrogen-bond donors (Lipinski definition) is 0. The highest BCUT2D eigenvalue weighted by molar-refractivity contribution is 6.39. The zero-order chi connectivity index (χ0) is 11.1. The highest BCUT2D eigenvalue weighted by Gasteiger charge is 2.39. The first kappa shape index (κ1) is 9.66. The predicted molar refractivity (Wildman–Crippen MR) is 60.7 cm³/mol. The van der Waals surface area contributed by atoms with Gasteiger partial charge in [-0.3, -0.25) is 5.01 Å². The van der Waals surface area contributed by atoms with Crippen LogP contribution >= 0.6 is 11.6 Å². The molecule has 2 aliphatic rings. The normalized spacial score (nSPS) is 23.1. The number of carbonyl (C=O) groups excluding carboxylic acids is 1. The van der Waals surface area contributed by atoms with Crippen molar-refractivity contribution in [3.63, 3.8) is 0 Å². The van der Waals surface area contributed by atoms with Crippen LogP contribution in [0.25, 0.3) is 0 Å². The van der Waals surface area contributed by atoms with E-state index in [1.807, 2.05) is 29.3 Å². The van der Waals surface area contributed by atoms with Gasteiger partial charge in [-0.1, -0.05) is 11.6 Å². The fourth-order valence-corrected chi connectivity index (χ4v) is 2.04. The Hall–Kier alpha value is -1.55.